The third kappa shape index (κ3) is 3.23. The molecule has 0 spiro atoms. The lowest BCUT2D eigenvalue weighted by atomic mass is 9.82. The first kappa shape index (κ1) is 13.8. The van der Waals surface area contributed by atoms with Crippen LogP contribution in [0.25, 0.3) is 0 Å². The summed E-state index contributed by atoms with van der Waals surface area (Å²) >= 11 is 0. The molecule has 0 bridgehead atoms. The second-order valence-corrected chi connectivity index (χ2v) is 5.82. The molecule has 2 fully saturated rings. The second-order valence-electron chi connectivity index (χ2n) is 5.82. The van der Waals surface area contributed by atoms with Crippen molar-refractivity contribution in [3.05, 3.63) is 0 Å². The fourth-order valence-electron chi connectivity index (χ4n) is 3.59. The summed E-state index contributed by atoms with van der Waals surface area (Å²) in [6.45, 7) is 4.95. The van der Waals surface area contributed by atoms with Crippen molar-refractivity contribution in [1.29, 1.82) is 0 Å². The summed E-state index contributed by atoms with van der Waals surface area (Å²) in [5, 5.41) is 3.27. The van der Waals surface area contributed by atoms with E-state index in [0.29, 0.717) is 6.04 Å². The molecule has 4 heteroatoms. The number of nitrogens with zero attached hydrogens (tertiary/aromatic N) is 1. The Morgan fingerprint density at radius 1 is 1.33 bits per heavy atom. The van der Waals surface area contributed by atoms with Crippen LogP contribution < -0.4 is 11.1 Å². The van der Waals surface area contributed by atoms with Crippen molar-refractivity contribution < 1.29 is 4.79 Å². The standard InChI is InChI=1S/C14H27N3O/c1-2-3-11-4-6-12(7-5-11)17-9-8-16-10-13(17)14(15)18/h11-13,16H,2-10H2,1H3,(H2,15,18). The number of nitrogens with one attached hydrogen (secondary N) is 1. The number of rotatable bonds is 4. The molecule has 1 atom stereocenters. The molecule has 1 saturated heterocycles. The van der Waals surface area contributed by atoms with Gasteiger partial charge in [-0.15, -0.1) is 0 Å². The lowest BCUT2D eigenvalue weighted by molar-refractivity contribution is -0.125. The number of hydrogen-bond acceptors (Lipinski definition) is 3. The minimum absolute atomic E-state index is 0.0912. The highest BCUT2D eigenvalue weighted by molar-refractivity contribution is 5.80. The van der Waals surface area contributed by atoms with Crippen LogP contribution in [0.3, 0.4) is 0 Å². The number of amides is 1. The predicted molar refractivity (Wildman–Crippen MR) is 73.2 cm³/mol. The van der Waals surface area contributed by atoms with Gasteiger partial charge in [0.15, 0.2) is 0 Å². The first-order valence-corrected chi connectivity index (χ1v) is 7.48. The monoisotopic (exact) mass is 253 g/mol. The Morgan fingerprint density at radius 3 is 2.67 bits per heavy atom. The molecule has 1 unspecified atom stereocenters. The van der Waals surface area contributed by atoms with Crippen molar-refractivity contribution in [2.75, 3.05) is 19.6 Å². The van der Waals surface area contributed by atoms with Crippen LogP contribution in [0.4, 0.5) is 0 Å². The Morgan fingerprint density at radius 2 is 2.06 bits per heavy atom. The first-order chi connectivity index (χ1) is 8.72. The Labute approximate surface area is 110 Å². The summed E-state index contributed by atoms with van der Waals surface area (Å²) in [5.74, 6) is 0.749. The molecule has 1 aliphatic heterocycles. The average Bonchev–Trinajstić information content (AvgIpc) is 2.40. The fraction of sp³-hybridized carbons (Fsp3) is 0.929. The third-order valence-electron chi connectivity index (χ3n) is 4.60. The van der Waals surface area contributed by atoms with Gasteiger partial charge in [0.05, 0.1) is 0 Å². The molecule has 1 amide bonds. The Hall–Kier alpha value is -0.610. The van der Waals surface area contributed by atoms with Crippen LogP contribution in [-0.2, 0) is 4.79 Å². The Bertz CT molecular complexity index is 274. The largest absolute Gasteiger partial charge is 0.368 e. The van der Waals surface area contributed by atoms with Crippen LogP contribution >= 0.6 is 0 Å². The molecular weight excluding hydrogens is 226 g/mol. The number of carbonyl (C=O) groups excluding carboxylic acids is 1. The van der Waals surface area contributed by atoms with Crippen molar-refractivity contribution in [1.82, 2.24) is 10.2 Å². The van der Waals surface area contributed by atoms with Crippen LogP contribution in [0, 0.1) is 5.92 Å². The number of carbonyl (C=O) groups is 1. The lowest BCUT2D eigenvalue weighted by Gasteiger charge is -2.42. The summed E-state index contributed by atoms with van der Waals surface area (Å²) in [4.78, 5) is 13.9. The predicted octanol–water partition coefficient (Wildman–Crippen LogP) is 1.10. The zero-order valence-corrected chi connectivity index (χ0v) is 11.5. The highest BCUT2D eigenvalue weighted by Gasteiger charge is 2.34. The first-order valence-electron chi connectivity index (χ1n) is 7.48. The normalized spacial score (nSPS) is 34.4. The summed E-state index contributed by atoms with van der Waals surface area (Å²) in [6, 6.07) is 0.490. The van der Waals surface area contributed by atoms with E-state index in [-0.39, 0.29) is 11.9 Å². The van der Waals surface area contributed by atoms with Gasteiger partial charge in [-0.3, -0.25) is 9.69 Å². The Kier molecular flexibility index (Phi) is 5.01. The van der Waals surface area contributed by atoms with Crippen LogP contribution in [0.2, 0.25) is 0 Å². The van der Waals surface area contributed by atoms with Crippen molar-refractivity contribution in [2.45, 2.75) is 57.5 Å². The van der Waals surface area contributed by atoms with Crippen molar-refractivity contribution >= 4 is 5.91 Å². The Balaban J connectivity index is 1.88. The maximum absolute atomic E-state index is 11.5. The molecule has 2 aliphatic rings. The molecule has 0 aromatic heterocycles. The van der Waals surface area contributed by atoms with Gasteiger partial charge in [-0.1, -0.05) is 19.8 Å². The van der Waals surface area contributed by atoms with E-state index in [9.17, 15) is 4.79 Å². The highest BCUT2D eigenvalue weighted by atomic mass is 16.1. The van der Waals surface area contributed by atoms with E-state index in [1.165, 1.54) is 38.5 Å². The van der Waals surface area contributed by atoms with Crippen LogP contribution in [0.1, 0.15) is 45.4 Å². The highest BCUT2D eigenvalue weighted by Crippen LogP contribution is 2.31. The molecule has 104 valence electrons. The van der Waals surface area contributed by atoms with E-state index >= 15 is 0 Å². The fourth-order valence-corrected chi connectivity index (χ4v) is 3.59. The average molecular weight is 253 g/mol. The maximum atomic E-state index is 11.5. The van der Waals surface area contributed by atoms with Crippen LogP contribution in [0.15, 0.2) is 0 Å². The zero-order valence-electron chi connectivity index (χ0n) is 11.5. The molecule has 1 aliphatic carbocycles. The topological polar surface area (TPSA) is 58.4 Å². The van der Waals surface area contributed by atoms with Crippen molar-refractivity contribution in [3.63, 3.8) is 0 Å². The molecule has 1 saturated carbocycles. The van der Waals surface area contributed by atoms with E-state index in [1.807, 2.05) is 0 Å². The maximum Gasteiger partial charge on any atom is 0.236 e. The second kappa shape index (κ2) is 6.53. The van der Waals surface area contributed by atoms with Gasteiger partial charge in [-0.05, 0) is 31.6 Å². The smallest absolute Gasteiger partial charge is 0.236 e. The van der Waals surface area contributed by atoms with Gasteiger partial charge in [0.1, 0.15) is 6.04 Å². The molecule has 4 nitrogen and oxygen atoms in total. The summed E-state index contributed by atoms with van der Waals surface area (Å²) in [5.41, 5.74) is 5.52. The van der Waals surface area contributed by atoms with E-state index in [0.717, 1.165) is 25.6 Å². The lowest BCUT2D eigenvalue weighted by Crippen LogP contribution is -2.60. The van der Waals surface area contributed by atoms with Gasteiger partial charge in [0.25, 0.3) is 0 Å². The summed E-state index contributed by atoms with van der Waals surface area (Å²) in [7, 11) is 0. The van der Waals surface area contributed by atoms with Crippen LogP contribution in [0.5, 0.6) is 0 Å². The van der Waals surface area contributed by atoms with Crippen molar-refractivity contribution in [2.24, 2.45) is 11.7 Å². The molecule has 18 heavy (non-hydrogen) atoms. The summed E-state index contributed by atoms with van der Waals surface area (Å²) in [6.07, 6.45) is 7.81. The van der Waals surface area contributed by atoms with Gasteiger partial charge >= 0.3 is 0 Å². The van der Waals surface area contributed by atoms with Gasteiger partial charge in [-0.25, -0.2) is 0 Å². The molecule has 2 rings (SSSR count). The molecule has 3 N–H and O–H groups in total. The van der Waals surface area contributed by atoms with Crippen LogP contribution in [-0.4, -0.2) is 42.5 Å². The minimum atomic E-state index is -0.169. The SMILES string of the molecule is CCCC1CCC(N2CCNCC2C(N)=O)CC1. The van der Waals surface area contributed by atoms with Gasteiger partial charge in [0, 0.05) is 25.7 Å². The molecule has 0 aromatic rings. The molecular formula is C14H27N3O. The van der Waals surface area contributed by atoms with Gasteiger partial charge in [0.2, 0.25) is 5.91 Å². The third-order valence-corrected chi connectivity index (χ3v) is 4.60. The number of nitrogens with two attached hydrogens (primary N) is 1. The van der Waals surface area contributed by atoms with E-state index < -0.39 is 0 Å². The summed E-state index contributed by atoms with van der Waals surface area (Å²) < 4.78 is 0. The van der Waals surface area contributed by atoms with E-state index in [1.54, 1.807) is 0 Å². The van der Waals surface area contributed by atoms with E-state index in [2.05, 4.69) is 17.1 Å². The van der Waals surface area contributed by atoms with Crippen molar-refractivity contribution in [3.8, 4) is 0 Å². The van der Waals surface area contributed by atoms with Gasteiger partial charge < -0.3 is 11.1 Å². The number of hydrogen-bond donors (Lipinski definition) is 2. The molecule has 1 heterocycles. The zero-order chi connectivity index (χ0) is 13.0. The minimum Gasteiger partial charge on any atom is -0.368 e. The quantitative estimate of drug-likeness (QED) is 0.789. The molecule has 0 aromatic carbocycles. The van der Waals surface area contributed by atoms with Gasteiger partial charge in [-0.2, -0.15) is 0 Å². The van der Waals surface area contributed by atoms with E-state index in [4.69, 9.17) is 5.73 Å². The molecule has 0 radical (unpaired) electrons. The number of primary amides is 1. The number of piperazine rings is 1.